The zero-order valence-corrected chi connectivity index (χ0v) is 19.4. The monoisotopic (exact) mass is 488 g/mol. The van der Waals surface area contributed by atoms with Gasteiger partial charge in [-0.1, -0.05) is 44.2 Å². The highest BCUT2D eigenvalue weighted by atomic mass is 127. The molecule has 1 saturated heterocycles. The number of guanidine groups is 1. The summed E-state index contributed by atoms with van der Waals surface area (Å²) in [6, 6.07) is 11.1. The highest BCUT2D eigenvalue weighted by Gasteiger charge is 2.24. The van der Waals surface area contributed by atoms with Gasteiger partial charge in [0, 0.05) is 13.1 Å². The number of rotatable bonds is 9. The van der Waals surface area contributed by atoms with Crippen molar-refractivity contribution < 1.29 is 5.11 Å². The van der Waals surface area contributed by atoms with Gasteiger partial charge in [-0.25, -0.2) is 0 Å². The van der Waals surface area contributed by atoms with Crippen LogP contribution in [-0.2, 0) is 0 Å². The average molecular weight is 488 g/mol. The van der Waals surface area contributed by atoms with Crippen molar-refractivity contribution in [3.63, 3.8) is 0 Å². The van der Waals surface area contributed by atoms with Crippen LogP contribution in [-0.4, -0.2) is 54.3 Å². The minimum Gasteiger partial charge on any atom is -0.388 e. The van der Waals surface area contributed by atoms with Gasteiger partial charge in [-0.05, 0) is 51.3 Å². The lowest BCUT2D eigenvalue weighted by Crippen LogP contribution is -2.43. The zero-order chi connectivity index (χ0) is 18.8. The molecule has 0 bridgehead atoms. The first-order chi connectivity index (χ1) is 12.6. The third-order valence-electron chi connectivity index (χ3n) is 5.42. The lowest BCUT2D eigenvalue weighted by molar-refractivity contribution is 0.0418. The molecule has 5 nitrogen and oxygen atoms in total. The molecule has 2 rings (SSSR count). The van der Waals surface area contributed by atoms with E-state index in [1.54, 1.807) is 0 Å². The van der Waals surface area contributed by atoms with Crippen LogP contribution in [0.5, 0.6) is 0 Å². The first-order valence-electron chi connectivity index (χ1n) is 10.2. The third kappa shape index (κ3) is 7.58. The number of benzene rings is 1. The number of nitrogens with zero attached hydrogens (tertiary/aromatic N) is 2. The molecule has 0 saturated carbocycles. The molecule has 0 spiro atoms. The quantitative estimate of drug-likeness (QED) is 0.283. The van der Waals surface area contributed by atoms with Gasteiger partial charge in [0.15, 0.2) is 5.96 Å². The number of hydrogen-bond donors (Lipinski definition) is 3. The van der Waals surface area contributed by atoms with Crippen molar-refractivity contribution in [2.75, 3.05) is 32.7 Å². The topological polar surface area (TPSA) is 59.9 Å². The molecule has 1 heterocycles. The lowest BCUT2D eigenvalue weighted by atomic mass is 9.98. The Morgan fingerprint density at radius 2 is 1.74 bits per heavy atom. The fourth-order valence-electron chi connectivity index (χ4n) is 3.42. The molecule has 1 aromatic rings. The summed E-state index contributed by atoms with van der Waals surface area (Å²) in [4.78, 5) is 7.20. The fraction of sp³-hybridized carbons (Fsp3) is 0.667. The smallest absolute Gasteiger partial charge is 0.191 e. The molecular formula is C21H37IN4O. The van der Waals surface area contributed by atoms with Gasteiger partial charge in [0.25, 0.3) is 0 Å². The normalized spacial score (nSPS) is 16.7. The van der Waals surface area contributed by atoms with Gasteiger partial charge in [-0.2, -0.15) is 0 Å². The van der Waals surface area contributed by atoms with Crippen LogP contribution in [0.15, 0.2) is 35.3 Å². The second-order valence-electron chi connectivity index (χ2n) is 7.18. The summed E-state index contributed by atoms with van der Waals surface area (Å²) < 4.78 is 0. The lowest BCUT2D eigenvalue weighted by Gasteiger charge is -2.29. The Morgan fingerprint density at radius 3 is 2.30 bits per heavy atom. The molecule has 1 aliphatic rings. The predicted octanol–water partition coefficient (Wildman–Crippen LogP) is 3.55. The summed E-state index contributed by atoms with van der Waals surface area (Å²) in [6.45, 7) is 10.4. The van der Waals surface area contributed by atoms with Gasteiger partial charge in [0.1, 0.15) is 0 Å². The Bertz CT molecular complexity index is 542. The van der Waals surface area contributed by atoms with Crippen LogP contribution in [0.4, 0.5) is 0 Å². The molecule has 1 aromatic carbocycles. The van der Waals surface area contributed by atoms with Crippen LogP contribution in [0.25, 0.3) is 0 Å². The van der Waals surface area contributed by atoms with Crippen LogP contribution in [0.1, 0.15) is 58.1 Å². The summed E-state index contributed by atoms with van der Waals surface area (Å²) in [5, 5.41) is 17.3. The van der Waals surface area contributed by atoms with E-state index in [0.717, 1.165) is 32.1 Å². The Kier molecular flexibility index (Phi) is 11.3. The summed E-state index contributed by atoms with van der Waals surface area (Å²) in [5.74, 6) is 0.785. The molecule has 0 aromatic heterocycles. The molecule has 6 heteroatoms. The summed E-state index contributed by atoms with van der Waals surface area (Å²) in [5.41, 5.74) is 0.632. The standard InChI is InChI=1S/C21H36N4O.HI/c1-4-21(26,5-2)17-24-20(22-6-3)23-16-19(25-14-10-11-15-25)18-12-8-7-9-13-18;/h7-9,12-13,19,26H,4-6,10-11,14-17H2,1-3H3,(H2,22,23,24);1H. The van der Waals surface area contributed by atoms with Crippen LogP contribution < -0.4 is 10.6 Å². The van der Waals surface area contributed by atoms with E-state index in [2.05, 4.69) is 57.8 Å². The van der Waals surface area contributed by atoms with E-state index in [-0.39, 0.29) is 24.0 Å². The first kappa shape index (κ1) is 24.2. The first-order valence-corrected chi connectivity index (χ1v) is 10.2. The van der Waals surface area contributed by atoms with Gasteiger partial charge in [0.05, 0.1) is 18.2 Å². The summed E-state index contributed by atoms with van der Waals surface area (Å²) in [6.07, 6.45) is 3.98. The molecule has 154 valence electrons. The van der Waals surface area contributed by atoms with Gasteiger partial charge >= 0.3 is 0 Å². The number of nitrogens with one attached hydrogen (secondary N) is 2. The van der Waals surface area contributed by atoms with Crippen LogP contribution in [0, 0.1) is 0 Å². The molecule has 1 aliphatic heterocycles. The maximum Gasteiger partial charge on any atom is 0.191 e. The second kappa shape index (κ2) is 12.6. The molecule has 0 amide bonds. The molecule has 0 radical (unpaired) electrons. The van der Waals surface area contributed by atoms with E-state index < -0.39 is 5.60 Å². The Labute approximate surface area is 182 Å². The number of hydrogen-bond acceptors (Lipinski definition) is 3. The summed E-state index contributed by atoms with van der Waals surface area (Å²) in [7, 11) is 0. The molecule has 1 fully saturated rings. The highest BCUT2D eigenvalue weighted by Crippen LogP contribution is 2.24. The molecule has 27 heavy (non-hydrogen) atoms. The van der Waals surface area contributed by atoms with Crippen LogP contribution in [0.2, 0.25) is 0 Å². The fourth-order valence-corrected chi connectivity index (χ4v) is 3.42. The third-order valence-corrected chi connectivity index (χ3v) is 5.42. The number of aliphatic hydroxyl groups is 1. The number of halogens is 1. The van der Waals surface area contributed by atoms with Crippen molar-refractivity contribution in [2.45, 2.75) is 58.1 Å². The predicted molar refractivity (Wildman–Crippen MR) is 125 cm³/mol. The van der Waals surface area contributed by atoms with E-state index in [9.17, 15) is 5.11 Å². The Balaban J connectivity index is 0.00000364. The zero-order valence-electron chi connectivity index (χ0n) is 17.1. The van der Waals surface area contributed by atoms with Crippen LogP contribution >= 0.6 is 24.0 Å². The molecule has 3 N–H and O–H groups in total. The number of likely N-dealkylation sites (tertiary alicyclic amines) is 1. The van der Waals surface area contributed by atoms with Crippen molar-refractivity contribution in [3.8, 4) is 0 Å². The van der Waals surface area contributed by atoms with E-state index in [1.807, 2.05) is 13.8 Å². The Hall–Kier alpha value is -0.860. The maximum absolute atomic E-state index is 10.5. The van der Waals surface area contributed by atoms with Crippen LogP contribution in [0.3, 0.4) is 0 Å². The highest BCUT2D eigenvalue weighted by molar-refractivity contribution is 14.0. The minimum absolute atomic E-state index is 0. The van der Waals surface area contributed by atoms with E-state index in [4.69, 9.17) is 0 Å². The number of aliphatic imine (C=N–C) groups is 1. The summed E-state index contributed by atoms with van der Waals surface area (Å²) >= 11 is 0. The van der Waals surface area contributed by atoms with Crippen molar-refractivity contribution in [2.24, 2.45) is 4.99 Å². The van der Waals surface area contributed by atoms with E-state index in [0.29, 0.717) is 25.4 Å². The van der Waals surface area contributed by atoms with Gasteiger partial charge in [0.2, 0.25) is 0 Å². The van der Waals surface area contributed by atoms with Gasteiger partial charge in [-0.15, -0.1) is 24.0 Å². The van der Waals surface area contributed by atoms with Crippen molar-refractivity contribution in [1.82, 2.24) is 15.5 Å². The maximum atomic E-state index is 10.5. The molecule has 1 unspecified atom stereocenters. The van der Waals surface area contributed by atoms with Gasteiger partial charge in [-0.3, -0.25) is 9.89 Å². The largest absolute Gasteiger partial charge is 0.388 e. The molecule has 0 aliphatic carbocycles. The van der Waals surface area contributed by atoms with Crippen molar-refractivity contribution in [1.29, 1.82) is 0 Å². The molecular weight excluding hydrogens is 451 g/mol. The van der Waals surface area contributed by atoms with E-state index >= 15 is 0 Å². The minimum atomic E-state index is -0.712. The average Bonchev–Trinajstić information content (AvgIpc) is 3.21. The van der Waals surface area contributed by atoms with E-state index in [1.165, 1.54) is 18.4 Å². The van der Waals surface area contributed by atoms with Crippen molar-refractivity contribution in [3.05, 3.63) is 35.9 Å². The Morgan fingerprint density at radius 1 is 1.11 bits per heavy atom. The SMILES string of the molecule is CCNC(=NCC(O)(CC)CC)NCC(c1ccccc1)N1CCCC1.I. The molecule has 1 atom stereocenters. The second-order valence-corrected chi connectivity index (χ2v) is 7.18. The van der Waals surface area contributed by atoms with Gasteiger partial charge < -0.3 is 15.7 Å². The van der Waals surface area contributed by atoms with Crippen molar-refractivity contribution >= 4 is 29.9 Å².